The molecule has 0 aliphatic rings. The summed E-state index contributed by atoms with van der Waals surface area (Å²) in [5.41, 5.74) is 2.03. The Balaban J connectivity index is 1.80. The highest BCUT2D eigenvalue weighted by atomic mass is 79.9. The normalized spacial score (nSPS) is 10.5. The lowest BCUT2D eigenvalue weighted by molar-refractivity contribution is 0.102. The minimum atomic E-state index is -0.256. The fourth-order valence-corrected chi connectivity index (χ4v) is 3.13. The molecule has 0 aliphatic heterocycles. The standard InChI is InChI=1S/C15H9BrClN3OS/c16-10-5-9(6-18-7-10)14(21)20-15-19-13(8-22-15)11-3-1-2-4-12(11)17/h1-8H,(H,19,20,21). The third-order valence-corrected chi connectivity index (χ3v) is 4.36. The number of carbonyl (C=O) groups excluding carboxylic acids is 1. The van der Waals surface area contributed by atoms with Crippen LogP contribution in [0.15, 0.2) is 52.6 Å². The fourth-order valence-electron chi connectivity index (χ4n) is 1.83. The highest BCUT2D eigenvalue weighted by molar-refractivity contribution is 9.10. The number of rotatable bonds is 3. The average Bonchev–Trinajstić information content (AvgIpc) is 2.96. The SMILES string of the molecule is O=C(Nc1nc(-c2ccccc2Cl)cs1)c1cncc(Br)c1. The molecule has 0 spiro atoms. The lowest BCUT2D eigenvalue weighted by Crippen LogP contribution is -2.11. The quantitative estimate of drug-likeness (QED) is 0.689. The van der Waals surface area contributed by atoms with Gasteiger partial charge in [0.1, 0.15) is 0 Å². The van der Waals surface area contributed by atoms with Gasteiger partial charge >= 0.3 is 0 Å². The van der Waals surface area contributed by atoms with Crippen LogP contribution in [0.1, 0.15) is 10.4 Å². The van der Waals surface area contributed by atoms with Crippen LogP contribution in [-0.4, -0.2) is 15.9 Å². The molecule has 2 heterocycles. The molecule has 0 radical (unpaired) electrons. The second-order valence-corrected chi connectivity index (χ2v) is 6.54. The summed E-state index contributed by atoms with van der Waals surface area (Å²) in [7, 11) is 0. The van der Waals surface area contributed by atoms with Crippen molar-refractivity contribution in [3.8, 4) is 11.3 Å². The van der Waals surface area contributed by atoms with Crippen molar-refractivity contribution in [2.24, 2.45) is 0 Å². The Morgan fingerprint density at radius 1 is 1.27 bits per heavy atom. The molecule has 0 unspecified atom stereocenters. The van der Waals surface area contributed by atoms with Crippen LogP contribution in [-0.2, 0) is 0 Å². The topological polar surface area (TPSA) is 54.9 Å². The predicted molar refractivity (Wildman–Crippen MR) is 92.5 cm³/mol. The van der Waals surface area contributed by atoms with Crippen molar-refractivity contribution < 1.29 is 4.79 Å². The van der Waals surface area contributed by atoms with Gasteiger partial charge < -0.3 is 0 Å². The zero-order chi connectivity index (χ0) is 15.5. The van der Waals surface area contributed by atoms with Gasteiger partial charge in [0.2, 0.25) is 0 Å². The lowest BCUT2D eigenvalue weighted by atomic mass is 10.2. The van der Waals surface area contributed by atoms with Gasteiger partial charge in [-0.05, 0) is 28.1 Å². The van der Waals surface area contributed by atoms with Gasteiger partial charge in [-0.1, -0.05) is 29.8 Å². The van der Waals surface area contributed by atoms with Gasteiger partial charge in [0, 0.05) is 32.8 Å². The summed E-state index contributed by atoms with van der Waals surface area (Å²) < 4.78 is 0.746. The molecule has 4 nitrogen and oxygen atoms in total. The number of halogens is 2. The monoisotopic (exact) mass is 393 g/mol. The zero-order valence-corrected chi connectivity index (χ0v) is 14.2. The summed E-state index contributed by atoms with van der Waals surface area (Å²) in [6.45, 7) is 0. The number of hydrogen-bond donors (Lipinski definition) is 1. The summed E-state index contributed by atoms with van der Waals surface area (Å²) in [6, 6.07) is 9.15. The maximum Gasteiger partial charge on any atom is 0.259 e. The summed E-state index contributed by atoms with van der Waals surface area (Å²) in [5, 5.41) is 5.76. The van der Waals surface area contributed by atoms with E-state index >= 15 is 0 Å². The van der Waals surface area contributed by atoms with E-state index in [1.54, 1.807) is 12.3 Å². The van der Waals surface area contributed by atoms with Crippen LogP contribution in [0.25, 0.3) is 11.3 Å². The number of aromatic nitrogens is 2. The maximum absolute atomic E-state index is 12.1. The maximum atomic E-state index is 12.1. The second kappa shape index (κ2) is 6.56. The van der Waals surface area contributed by atoms with E-state index in [0.29, 0.717) is 15.7 Å². The van der Waals surface area contributed by atoms with Gasteiger partial charge in [0.05, 0.1) is 11.3 Å². The summed E-state index contributed by atoms with van der Waals surface area (Å²) in [5.74, 6) is -0.256. The van der Waals surface area contributed by atoms with Crippen LogP contribution in [0.3, 0.4) is 0 Å². The van der Waals surface area contributed by atoms with Crippen molar-refractivity contribution in [1.29, 1.82) is 0 Å². The van der Waals surface area contributed by atoms with E-state index in [0.717, 1.165) is 15.7 Å². The van der Waals surface area contributed by atoms with E-state index < -0.39 is 0 Å². The van der Waals surface area contributed by atoms with Crippen molar-refractivity contribution in [3.63, 3.8) is 0 Å². The molecule has 0 atom stereocenters. The van der Waals surface area contributed by atoms with Crippen LogP contribution >= 0.6 is 38.9 Å². The van der Waals surface area contributed by atoms with Crippen molar-refractivity contribution in [1.82, 2.24) is 9.97 Å². The molecule has 0 saturated heterocycles. The smallest absolute Gasteiger partial charge is 0.259 e. The van der Waals surface area contributed by atoms with Crippen LogP contribution in [0, 0.1) is 0 Å². The Bertz CT molecular complexity index is 837. The highest BCUT2D eigenvalue weighted by Crippen LogP contribution is 2.30. The first-order valence-corrected chi connectivity index (χ1v) is 8.31. The van der Waals surface area contributed by atoms with Crippen LogP contribution in [0.4, 0.5) is 5.13 Å². The number of nitrogens with one attached hydrogen (secondary N) is 1. The number of amides is 1. The number of carbonyl (C=O) groups is 1. The van der Waals surface area contributed by atoms with E-state index in [9.17, 15) is 4.79 Å². The van der Waals surface area contributed by atoms with E-state index in [4.69, 9.17) is 11.6 Å². The third kappa shape index (κ3) is 3.35. The molecule has 0 bridgehead atoms. The number of anilines is 1. The van der Waals surface area contributed by atoms with Crippen LogP contribution < -0.4 is 5.32 Å². The Hall–Kier alpha value is -1.76. The molecular formula is C15H9BrClN3OS. The van der Waals surface area contributed by atoms with E-state index in [1.807, 2.05) is 29.6 Å². The van der Waals surface area contributed by atoms with Crippen LogP contribution in [0.2, 0.25) is 5.02 Å². The van der Waals surface area contributed by atoms with Gasteiger partial charge in [0.25, 0.3) is 5.91 Å². The Morgan fingerprint density at radius 2 is 2.09 bits per heavy atom. The molecule has 1 N–H and O–H groups in total. The largest absolute Gasteiger partial charge is 0.298 e. The first-order valence-electron chi connectivity index (χ1n) is 6.26. The van der Waals surface area contributed by atoms with Crippen molar-refractivity contribution in [3.05, 3.63) is 63.2 Å². The molecule has 0 fully saturated rings. The lowest BCUT2D eigenvalue weighted by Gasteiger charge is -2.02. The summed E-state index contributed by atoms with van der Waals surface area (Å²) in [4.78, 5) is 20.5. The van der Waals surface area contributed by atoms with E-state index in [1.165, 1.54) is 17.5 Å². The number of hydrogen-bond acceptors (Lipinski definition) is 4. The molecule has 22 heavy (non-hydrogen) atoms. The number of benzene rings is 1. The molecule has 0 saturated carbocycles. The van der Waals surface area contributed by atoms with Gasteiger partial charge in [-0.15, -0.1) is 11.3 Å². The minimum absolute atomic E-state index is 0.256. The van der Waals surface area contributed by atoms with Crippen LogP contribution in [0.5, 0.6) is 0 Å². The van der Waals surface area contributed by atoms with Crippen molar-refractivity contribution in [2.45, 2.75) is 0 Å². The van der Waals surface area contributed by atoms with Gasteiger partial charge in [-0.25, -0.2) is 4.98 Å². The first kappa shape index (κ1) is 15.1. The van der Waals surface area contributed by atoms with Gasteiger partial charge in [-0.3, -0.25) is 15.1 Å². The number of thiazole rings is 1. The Kier molecular flexibility index (Phi) is 4.52. The zero-order valence-electron chi connectivity index (χ0n) is 11.1. The van der Waals surface area contributed by atoms with Crippen molar-refractivity contribution in [2.75, 3.05) is 5.32 Å². The molecule has 1 amide bonds. The molecule has 0 aliphatic carbocycles. The van der Waals surface area contributed by atoms with Gasteiger partial charge in [-0.2, -0.15) is 0 Å². The molecular weight excluding hydrogens is 386 g/mol. The minimum Gasteiger partial charge on any atom is -0.298 e. The molecule has 3 rings (SSSR count). The Morgan fingerprint density at radius 3 is 2.86 bits per heavy atom. The predicted octanol–water partition coefficient (Wildman–Crippen LogP) is 4.87. The molecule has 110 valence electrons. The molecule has 7 heteroatoms. The second-order valence-electron chi connectivity index (χ2n) is 4.36. The fraction of sp³-hybridized carbons (Fsp3) is 0. The molecule has 1 aromatic carbocycles. The molecule has 3 aromatic rings. The Labute approximate surface area is 144 Å². The van der Waals surface area contributed by atoms with E-state index in [2.05, 4.69) is 31.2 Å². The highest BCUT2D eigenvalue weighted by Gasteiger charge is 2.12. The third-order valence-electron chi connectivity index (χ3n) is 2.84. The average molecular weight is 395 g/mol. The molecule has 2 aromatic heterocycles. The summed E-state index contributed by atoms with van der Waals surface area (Å²) >= 11 is 10.8. The summed E-state index contributed by atoms with van der Waals surface area (Å²) in [6.07, 6.45) is 3.12. The number of pyridine rings is 1. The van der Waals surface area contributed by atoms with Crippen molar-refractivity contribution >= 4 is 49.9 Å². The van der Waals surface area contributed by atoms with E-state index in [-0.39, 0.29) is 5.91 Å². The number of nitrogens with zero attached hydrogens (tertiary/aromatic N) is 2. The van der Waals surface area contributed by atoms with Gasteiger partial charge in [0.15, 0.2) is 5.13 Å². The first-order chi connectivity index (χ1) is 10.6.